The van der Waals surface area contributed by atoms with Crippen LogP contribution in [0.4, 0.5) is 17.1 Å². The number of pyridine rings is 4. The molecule has 11 heterocycles. The molecule has 29 rings (SSSR count). The van der Waals surface area contributed by atoms with Crippen molar-refractivity contribution in [1.29, 1.82) is 0 Å². The lowest BCUT2D eigenvalue weighted by atomic mass is 10.0. The maximum absolute atomic E-state index is 5.18. The Morgan fingerprint density at radius 2 is 0.455 bits per heavy atom. The van der Waals surface area contributed by atoms with Crippen molar-refractivity contribution in [2.24, 2.45) is 0 Å². The van der Waals surface area contributed by atoms with Crippen LogP contribution in [0.15, 0.2) is 522 Å². The predicted octanol–water partition coefficient (Wildman–Crippen LogP) is 32.9. The van der Waals surface area contributed by atoms with Crippen LogP contribution in [0.2, 0.25) is 0 Å². The molecule has 0 amide bonds. The second-order valence-corrected chi connectivity index (χ2v) is 36.2. The maximum Gasteiger partial charge on any atom is 0.238 e. The van der Waals surface area contributed by atoms with Crippen LogP contribution in [0.1, 0.15) is 0 Å². The number of hydrogen-bond acceptors (Lipinski definition) is 8. The minimum atomic E-state index is 0.551. The molecule has 11 aromatic heterocycles. The van der Waals surface area contributed by atoms with Gasteiger partial charge in [-0.3, -0.25) is 24.1 Å². The Morgan fingerprint density at radius 1 is 0.166 bits per heavy atom. The van der Waals surface area contributed by atoms with Crippen molar-refractivity contribution in [3.05, 3.63) is 522 Å². The zero-order valence-corrected chi connectivity index (χ0v) is 78.4. The van der Waals surface area contributed by atoms with Crippen LogP contribution in [-0.2, 0) is 0 Å². The van der Waals surface area contributed by atoms with E-state index in [0.29, 0.717) is 17.6 Å². The second-order valence-electron chi connectivity index (χ2n) is 36.2. The molecule has 0 atom stereocenters. The van der Waals surface area contributed by atoms with Crippen molar-refractivity contribution in [2.75, 3.05) is 4.90 Å². The first-order valence-corrected chi connectivity index (χ1v) is 48.8. The van der Waals surface area contributed by atoms with Crippen LogP contribution < -0.4 is 4.90 Å². The van der Waals surface area contributed by atoms with Crippen molar-refractivity contribution in [3.8, 4) is 102 Å². The molecule has 0 aliphatic heterocycles. The predicted molar refractivity (Wildman–Crippen MR) is 597 cm³/mol. The smallest absolute Gasteiger partial charge is 0.238 e. The van der Waals surface area contributed by atoms with Gasteiger partial charge in [-0.05, 0) is 163 Å². The first-order chi connectivity index (χ1) is 72.0. The normalized spacial score (nSPS) is 11.6. The van der Waals surface area contributed by atoms with E-state index in [1.54, 1.807) is 0 Å². The summed E-state index contributed by atoms with van der Waals surface area (Å²) in [5.41, 5.74) is 31.4. The van der Waals surface area contributed by atoms with Crippen molar-refractivity contribution >= 4 is 148 Å². The van der Waals surface area contributed by atoms with Crippen molar-refractivity contribution in [2.45, 2.75) is 0 Å². The summed E-state index contributed by atoms with van der Waals surface area (Å²) in [6.45, 7) is 0. The number of nitrogens with zero attached hydrogens (tertiary/aromatic N) is 14. The molecule has 0 saturated carbocycles. The van der Waals surface area contributed by atoms with Crippen LogP contribution >= 0.6 is 0 Å². The fourth-order valence-electron chi connectivity index (χ4n) is 21.9. The lowest BCUT2D eigenvalue weighted by molar-refractivity contribution is 0.953. The highest BCUT2D eigenvalue weighted by molar-refractivity contribution is 6.24. The topological polar surface area (TPSA) is 123 Å². The van der Waals surface area contributed by atoms with E-state index in [0.717, 1.165) is 183 Å². The molecule has 0 aliphatic rings. The lowest BCUT2D eigenvalue weighted by Gasteiger charge is -2.25. The summed E-state index contributed by atoms with van der Waals surface area (Å²) < 4.78 is 13.9. The summed E-state index contributed by atoms with van der Waals surface area (Å²) in [5.74, 6) is 2.66. The van der Waals surface area contributed by atoms with Crippen molar-refractivity contribution in [1.82, 2.24) is 62.3 Å². The molecule has 18 aromatic carbocycles. The largest absolute Gasteiger partial charge is 0.311 e. The SMILES string of the molecule is c1ccc(-c2ccc(-n3c4ccccc4c4cccc(-c5nccc6c5c5ccccc5n6-c5ccccc5)c43)cc2)cc1.c1ccc(-c2nc(-c3ccccc3)nc(-n3c4ccccc4c4cccc(-c5nccc6c5c5ccccc5n6-c5ccccc5)c43)n2)cc1.c1ccc(N(c2ccccc2)c2ccc(-n3c4ccccc4c4c(-c5cccc6c7ccccc7n(-c7ccccn7)c56)nccc43)cc2)cc1. The Balaban J connectivity index is 0.000000108. The number of benzene rings is 18. The number of rotatable bonds is 15. The Morgan fingerprint density at radius 3 is 0.855 bits per heavy atom. The van der Waals surface area contributed by atoms with Gasteiger partial charge in [0.2, 0.25) is 5.95 Å². The summed E-state index contributed by atoms with van der Waals surface area (Å²) in [5, 5.41) is 13.9. The molecule has 14 nitrogen and oxygen atoms in total. The van der Waals surface area contributed by atoms with E-state index in [4.69, 9.17) is 34.9 Å². The Bertz CT molecular complexity index is 9880. The Hall–Kier alpha value is -19.8. The maximum atomic E-state index is 5.18. The highest BCUT2D eigenvalue weighted by Gasteiger charge is 2.29. The third kappa shape index (κ3) is 14.4. The van der Waals surface area contributed by atoms with E-state index in [1.807, 2.05) is 97.6 Å². The third-order valence-corrected chi connectivity index (χ3v) is 28.0. The molecule has 0 radical (unpaired) electrons. The van der Waals surface area contributed by atoms with Gasteiger partial charge in [-0.1, -0.05) is 346 Å². The van der Waals surface area contributed by atoms with Gasteiger partial charge in [0, 0.05) is 157 Å². The Kier molecular flexibility index (Phi) is 20.9. The van der Waals surface area contributed by atoms with Gasteiger partial charge in [-0.25, -0.2) is 9.97 Å². The fraction of sp³-hybridized carbons (Fsp3) is 0. The van der Waals surface area contributed by atoms with E-state index < -0.39 is 0 Å². The second kappa shape index (κ2) is 35.9. The number of hydrogen-bond donors (Lipinski definition) is 0. The average Bonchev–Trinajstić information content (AvgIpc) is 1.51. The zero-order valence-electron chi connectivity index (χ0n) is 78.4. The summed E-state index contributed by atoms with van der Waals surface area (Å²) in [6, 6.07) is 175. The van der Waals surface area contributed by atoms with Crippen LogP contribution in [-0.4, -0.2) is 62.3 Å². The number of aromatic nitrogens is 13. The molecule has 680 valence electrons. The summed E-state index contributed by atoms with van der Waals surface area (Å²) in [4.78, 5) is 37.8. The molecule has 0 saturated heterocycles. The standard InChI is InChI=1S/C46H31N5.C44H28N6.C41H27N3/c1-3-14-32(15-4-1)49(33-16-5-2-6-17-33)34-25-27-35(28-26-34)50-41-23-10-8-19-38(41)44-42(50)29-31-48-45(44)39-21-13-20-37-36-18-7-9-22-40(36)51(46(37)39)43-24-11-12-30-47-43;1-4-15-29(16-5-1)42-46-43(30-17-6-2-7-18-30)48-44(47-42)50-36-25-12-10-21-32(36)33-23-14-24-35(41(33)50)40-39-34-22-11-13-26-37(34)49(38(39)27-28-45-40)31-19-8-3-9-20-31;1-3-12-28(13-4-1)29-22-24-31(25-23-29)44-36-20-9-7-16-32(36)33-18-11-19-35(41(33)44)40-39-34-17-8-10-21-37(34)43(38(39)26-27-42-40)30-14-5-2-6-15-30/h1-31H;1-28H;1-27H. The molecule has 145 heavy (non-hydrogen) atoms. The molecule has 0 aliphatic carbocycles. The minimum Gasteiger partial charge on any atom is -0.311 e. The van der Waals surface area contributed by atoms with E-state index in [9.17, 15) is 0 Å². The molecule has 0 bridgehead atoms. The fourth-order valence-corrected chi connectivity index (χ4v) is 21.9. The van der Waals surface area contributed by atoms with Crippen molar-refractivity contribution in [3.63, 3.8) is 0 Å². The van der Waals surface area contributed by atoms with E-state index in [1.165, 1.54) is 49.1 Å². The zero-order chi connectivity index (χ0) is 95.8. The summed E-state index contributed by atoms with van der Waals surface area (Å²) in [6.07, 6.45) is 7.68. The Labute approximate surface area is 833 Å². The molecule has 29 aromatic rings. The van der Waals surface area contributed by atoms with Gasteiger partial charge in [0.15, 0.2) is 11.6 Å². The molecular formula is C131H86N14. The van der Waals surface area contributed by atoms with Gasteiger partial charge in [-0.2, -0.15) is 9.97 Å². The van der Waals surface area contributed by atoms with E-state index >= 15 is 0 Å². The van der Waals surface area contributed by atoms with Gasteiger partial charge < -0.3 is 23.2 Å². The number of anilines is 3. The first-order valence-electron chi connectivity index (χ1n) is 48.8. The van der Waals surface area contributed by atoms with Gasteiger partial charge in [0.1, 0.15) is 5.82 Å². The van der Waals surface area contributed by atoms with E-state index in [2.05, 4.69) is 457 Å². The highest BCUT2D eigenvalue weighted by atomic mass is 15.2. The first kappa shape index (κ1) is 84.5. The minimum absolute atomic E-state index is 0.551. The summed E-state index contributed by atoms with van der Waals surface area (Å²) in [7, 11) is 0. The molecule has 0 fully saturated rings. The molecule has 14 heteroatoms. The monoisotopic (exact) mass is 1850 g/mol. The summed E-state index contributed by atoms with van der Waals surface area (Å²) >= 11 is 0. The van der Waals surface area contributed by atoms with Gasteiger partial charge >= 0.3 is 0 Å². The molecule has 0 spiro atoms. The average molecular weight is 1860 g/mol. The lowest BCUT2D eigenvalue weighted by Crippen LogP contribution is -2.09. The van der Waals surface area contributed by atoms with Crippen LogP contribution in [0.25, 0.3) is 233 Å². The van der Waals surface area contributed by atoms with Gasteiger partial charge in [0.05, 0.1) is 83.3 Å². The van der Waals surface area contributed by atoms with E-state index in [-0.39, 0.29) is 0 Å². The van der Waals surface area contributed by atoms with Gasteiger partial charge in [-0.15, -0.1) is 0 Å². The molecule has 0 unspecified atom stereocenters. The highest BCUT2D eigenvalue weighted by Crippen LogP contribution is 2.49. The number of para-hydroxylation sites is 13. The van der Waals surface area contributed by atoms with Crippen molar-refractivity contribution < 1.29 is 0 Å². The van der Waals surface area contributed by atoms with Gasteiger partial charge in [0.25, 0.3) is 0 Å². The van der Waals surface area contributed by atoms with Crippen LogP contribution in [0, 0.1) is 0 Å². The number of fused-ring (bicyclic) bond motifs is 18. The molecular weight excluding hydrogens is 1770 g/mol. The molecule has 0 N–H and O–H groups in total. The van der Waals surface area contributed by atoms with Crippen LogP contribution in [0.3, 0.4) is 0 Å². The third-order valence-electron chi connectivity index (χ3n) is 28.0. The van der Waals surface area contributed by atoms with Crippen LogP contribution in [0.5, 0.6) is 0 Å². The quantitative estimate of drug-likeness (QED) is 0.0994.